The molecule has 4 nitrogen and oxygen atoms in total. The van der Waals surface area contributed by atoms with Crippen LogP contribution in [0.1, 0.15) is 39.5 Å². The molecule has 0 saturated heterocycles. The van der Waals surface area contributed by atoms with E-state index in [4.69, 9.17) is 0 Å². The lowest BCUT2D eigenvalue weighted by molar-refractivity contribution is -0.0480. The van der Waals surface area contributed by atoms with Crippen molar-refractivity contribution in [3.63, 3.8) is 0 Å². The average molecular weight is 390 g/mol. The second-order valence-corrected chi connectivity index (χ2v) is 9.96. The van der Waals surface area contributed by atoms with Gasteiger partial charge in [-0.05, 0) is 24.7 Å². The van der Waals surface area contributed by atoms with Gasteiger partial charge in [0.2, 0.25) is 0 Å². The first kappa shape index (κ1) is 20.5. The van der Waals surface area contributed by atoms with Gasteiger partial charge < -0.3 is 0 Å². The van der Waals surface area contributed by atoms with Gasteiger partial charge in [0.05, 0.1) is 0 Å². The smallest absolute Gasteiger partial charge is 0.218 e. The van der Waals surface area contributed by atoms with Gasteiger partial charge in [0.15, 0.2) is 4.08 Å². The second-order valence-electron chi connectivity index (χ2n) is 5.41. The highest BCUT2D eigenvalue weighted by Crippen LogP contribution is 2.68. The maximum absolute atomic E-state index is 12.9. The van der Waals surface area contributed by atoms with Crippen LogP contribution in [0.15, 0.2) is 0 Å². The Morgan fingerprint density at radius 3 is 1.17 bits per heavy atom. The normalized spacial score (nSPS) is 25.4. The van der Waals surface area contributed by atoms with Crippen molar-refractivity contribution in [2.45, 2.75) is 54.6 Å². The first-order valence-corrected chi connectivity index (χ1v) is 9.72. The quantitative estimate of drug-likeness (QED) is 0.652. The molecule has 0 aromatic heterocycles. The standard InChI is InChI=1S/C11H16F6O4S2/c1-3-5-7-8(6-4-2)9(7,22(18,19)10(12,13)14)23(20,21)11(15,16)17/h7-8H,3-6H2,1-2H3/t7-,8-/m1/s1. The maximum atomic E-state index is 12.9. The Morgan fingerprint density at radius 2 is 1.00 bits per heavy atom. The van der Waals surface area contributed by atoms with Crippen LogP contribution < -0.4 is 0 Å². The third kappa shape index (κ3) is 2.65. The summed E-state index contributed by atoms with van der Waals surface area (Å²) < 4.78 is 121. The summed E-state index contributed by atoms with van der Waals surface area (Å²) in [5, 5.41) is 0. The number of hydrogen-bond donors (Lipinski definition) is 0. The fraction of sp³-hybridized carbons (Fsp3) is 1.00. The van der Waals surface area contributed by atoms with Gasteiger partial charge in [-0.3, -0.25) is 0 Å². The van der Waals surface area contributed by atoms with Gasteiger partial charge in [0, 0.05) is 0 Å². The Bertz CT molecular complexity index is 589. The van der Waals surface area contributed by atoms with E-state index in [1.807, 2.05) is 0 Å². The molecule has 12 heteroatoms. The highest BCUT2D eigenvalue weighted by Gasteiger charge is 2.87. The van der Waals surface area contributed by atoms with Crippen molar-refractivity contribution in [3.8, 4) is 0 Å². The molecule has 0 aromatic rings. The van der Waals surface area contributed by atoms with E-state index in [1.165, 1.54) is 13.8 Å². The molecule has 0 heterocycles. The van der Waals surface area contributed by atoms with Crippen molar-refractivity contribution < 1.29 is 43.2 Å². The van der Waals surface area contributed by atoms with E-state index in [2.05, 4.69) is 0 Å². The van der Waals surface area contributed by atoms with Gasteiger partial charge in [-0.15, -0.1) is 0 Å². The lowest BCUT2D eigenvalue weighted by Crippen LogP contribution is -2.49. The van der Waals surface area contributed by atoms with Crippen molar-refractivity contribution in [2.24, 2.45) is 11.8 Å². The van der Waals surface area contributed by atoms with Crippen LogP contribution in [-0.4, -0.2) is 31.9 Å². The van der Waals surface area contributed by atoms with Crippen LogP contribution in [0, 0.1) is 11.8 Å². The van der Waals surface area contributed by atoms with E-state index >= 15 is 0 Å². The molecule has 1 saturated carbocycles. The average Bonchev–Trinajstić information content (AvgIpc) is 2.97. The van der Waals surface area contributed by atoms with Crippen molar-refractivity contribution in [1.29, 1.82) is 0 Å². The Hall–Kier alpha value is -0.520. The highest BCUT2D eigenvalue weighted by atomic mass is 32.3. The zero-order valence-corrected chi connectivity index (χ0v) is 13.8. The molecule has 0 aromatic carbocycles. The Kier molecular flexibility index (Phi) is 5.16. The van der Waals surface area contributed by atoms with Crippen LogP contribution in [0.2, 0.25) is 0 Å². The van der Waals surface area contributed by atoms with Gasteiger partial charge in [-0.25, -0.2) is 16.8 Å². The van der Waals surface area contributed by atoms with Crippen LogP contribution in [0.4, 0.5) is 26.3 Å². The summed E-state index contributed by atoms with van der Waals surface area (Å²) in [6.07, 6.45) is -0.578. The molecule has 0 amide bonds. The van der Waals surface area contributed by atoms with Crippen molar-refractivity contribution in [2.75, 3.05) is 0 Å². The summed E-state index contributed by atoms with van der Waals surface area (Å²) in [7, 11) is -13.1. The van der Waals surface area contributed by atoms with Crippen molar-refractivity contribution in [3.05, 3.63) is 0 Å². The molecule has 0 bridgehead atoms. The molecular formula is C11H16F6O4S2. The lowest BCUT2D eigenvalue weighted by Gasteiger charge is -2.22. The van der Waals surface area contributed by atoms with Crippen LogP contribution in [0.5, 0.6) is 0 Å². The summed E-state index contributed by atoms with van der Waals surface area (Å²) >= 11 is 0. The van der Waals surface area contributed by atoms with Crippen LogP contribution >= 0.6 is 0 Å². The molecule has 1 aliphatic carbocycles. The number of sulfone groups is 2. The van der Waals surface area contributed by atoms with Gasteiger partial charge in [0.1, 0.15) is 0 Å². The fourth-order valence-corrected chi connectivity index (χ4v) is 8.24. The number of rotatable bonds is 6. The van der Waals surface area contributed by atoms with E-state index < -0.39 is 46.6 Å². The minimum Gasteiger partial charge on any atom is -0.218 e. The predicted molar refractivity (Wildman–Crippen MR) is 69.5 cm³/mol. The van der Waals surface area contributed by atoms with E-state index in [1.54, 1.807) is 0 Å². The zero-order chi connectivity index (χ0) is 18.5. The molecule has 0 spiro atoms. The summed E-state index contributed by atoms with van der Waals surface area (Å²) in [5.74, 6) is -3.43. The number of halogens is 6. The van der Waals surface area contributed by atoms with E-state index in [9.17, 15) is 43.2 Å². The summed E-state index contributed by atoms with van der Waals surface area (Å²) in [6.45, 7) is 2.85. The maximum Gasteiger partial charge on any atom is 0.498 e. The van der Waals surface area contributed by atoms with E-state index in [0.29, 0.717) is 0 Å². The minimum absolute atomic E-state index is 0.0629. The van der Waals surface area contributed by atoms with Crippen LogP contribution in [0.3, 0.4) is 0 Å². The molecule has 0 radical (unpaired) electrons. The zero-order valence-electron chi connectivity index (χ0n) is 12.2. The topological polar surface area (TPSA) is 68.3 Å². The number of hydrogen-bond acceptors (Lipinski definition) is 4. The molecular weight excluding hydrogens is 374 g/mol. The summed E-state index contributed by atoms with van der Waals surface area (Å²) in [6, 6.07) is 0. The highest BCUT2D eigenvalue weighted by molar-refractivity contribution is 8.11. The molecule has 2 atom stereocenters. The summed E-state index contributed by atoms with van der Waals surface area (Å²) in [5.41, 5.74) is -12.2. The molecule has 1 aliphatic rings. The fourth-order valence-electron chi connectivity index (χ4n) is 3.21. The summed E-state index contributed by atoms with van der Waals surface area (Å²) in [4.78, 5) is 0. The van der Waals surface area contributed by atoms with E-state index in [-0.39, 0.29) is 25.7 Å². The van der Waals surface area contributed by atoms with Gasteiger partial charge in [-0.1, -0.05) is 26.7 Å². The molecule has 138 valence electrons. The predicted octanol–water partition coefficient (Wildman–Crippen LogP) is 3.40. The van der Waals surface area contributed by atoms with Crippen molar-refractivity contribution >= 4 is 19.7 Å². The molecule has 0 aliphatic heterocycles. The van der Waals surface area contributed by atoms with Gasteiger partial charge >= 0.3 is 11.0 Å². The minimum atomic E-state index is -6.56. The SMILES string of the molecule is CCC[C@@H]1[C@@H](CCC)C1(S(=O)(=O)C(F)(F)F)S(=O)(=O)C(F)(F)F. The van der Waals surface area contributed by atoms with Crippen molar-refractivity contribution in [1.82, 2.24) is 0 Å². The third-order valence-corrected chi connectivity index (χ3v) is 9.49. The van der Waals surface area contributed by atoms with Crippen LogP contribution in [-0.2, 0) is 19.7 Å². The Balaban J connectivity index is 3.73. The largest absolute Gasteiger partial charge is 0.498 e. The van der Waals surface area contributed by atoms with Gasteiger partial charge in [0.25, 0.3) is 19.7 Å². The number of alkyl halides is 6. The second kappa shape index (κ2) is 5.78. The molecule has 0 unspecified atom stereocenters. The van der Waals surface area contributed by atoms with Gasteiger partial charge in [-0.2, -0.15) is 26.3 Å². The van der Waals surface area contributed by atoms with Crippen LogP contribution in [0.25, 0.3) is 0 Å². The third-order valence-electron chi connectivity index (χ3n) is 4.06. The molecule has 23 heavy (non-hydrogen) atoms. The Labute approximate surface area is 130 Å². The first-order valence-electron chi connectivity index (χ1n) is 6.76. The molecule has 1 fully saturated rings. The molecule has 1 rings (SSSR count). The molecule has 0 N–H and O–H groups in total. The Morgan fingerprint density at radius 1 is 0.739 bits per heavy atom. The first-order chi connectivity index (χ1) is 10.1. The lowest BCUT2D eigenvalue weighted by atomic mass is 10.1. The van der Waals surface area contributed by atoms with E-state index in [0.717, 1.165) is 0 Å². The monoisotopic (exact) mass is 390 g/mol.